The Morgan fingerprint density at radius 2 is 1.57 bits per heavy atom. The van der Waals surface area contributed by atoms with E-state index < -0.39 is 0 Å². The molecule has 2 N–H and O–H groups in total. The third kappa shape index (κ3) is 1.84. The third-order valence-corrected chi connectivity index (χ3v) is 8.51. The highest BCUT2D eigenvalue weighted by Crippen LogP contribution is 2.66. The van der Waals surface area contributed by atoms with E-state index in [9.17, 15) is 10.2 Å². The number of rotatable bonds is 0. The Morgan fingerprint density at radius 3 is 2.38 bits per heavy atom. The fourth-order valence-electron chi connectivity index (χ4n) is 7.21. The van der Waals surface area contributed by atoms with Gasteiger partial charge in [0.2, 0.25) is 0 Å². The summed E-state index contributed by atoms with van der Waals surface area (Å²) in [4.78, 5) is 0. The summed E-state index contributed by atoms with van der Waals surface area (Å²) in [5, 5.41) is 21.8. The standard InChI is InChI=1S/C19H32O2/c1-18-8-4-3-6-12(18)10-15(20)17-13-7-5-9-19(13,2)16(21)11-14(17)18/h12-17,20-21H,3-11H2,1-2H3/t12-,13+,14+,15+,16-,17+,18+,19-/m1/s1. The molecule has 0 aliphatic heterocycles. The van der Waals surface area contributed by atoms with Gasteiger partial charge in [0.1, 0.15) is 0 Å². The average Bonchev–Trinajstić information content (AvgIpc) is 2.84. The number of aliphatic hydroxyl groups excluding tert-OH is 2. The highest BCUT2D eigenvalue weighted by Gasteiger charge is 2.62. The Hall–Kier alpha value is -0.0800. The molecule has 4 fully saturated rings. The van der Waals surface area contributed by atoms with Gasteiger partial charge in [0.25, 0.3) is 0 Å². The molecule has 21 heavy (non-hydrogen) atoms. The Balaban J connectivity index is 1.72. The average molecular weight is 292 g/mol. The van der Waals surface area contributed by atoms with Crippen LogP contribution in [0.5, 0.6) is 0 Å². The Labute approximate surface area is 129 Å². The van der Waals surface area contributed by atoms with E-state index in [-0.39, 0.29) is 17.6 Å². The molecule has 4 aliphatic rings. The fraction of sp³-hybridized carbons (Fsp3) is 1.00. The predicted octanol–water partition coefficient (Wildman–Crippen LogP) is 3.75. The van der Waals surface area contributed by atoms with Crippen molar-refractivity contribution >= 4 is 0 Å². The highest BCUT2D eigenvalue weighted by atomic mass is 16.3. The molecule has 0 aromatic carbocycles. The summed E-state index contributed by atoms with van der Waals surface area (Å²) in [6, 6.07) is 0. The largest absolute Gasteiger partial charge is 0.393 e. The molecule has 4 saturated carbocycles. The Bertz CT molecular complexity index is 422. The summed E-state index contributed by atoms with van der Waals surface area (Å²) in [6.45, 7) is 4.79. The summed E-state index contributed by atoms with van der Waals surface area (Å²) in [7, 11) is 0. The molecular weight excluding hydrogens is 260 g/mol. The number of aliphatic hydroxyl groups is 2. The van der Waals surface area contributed by atoms with Gasteiger partial charge in [-0.2, -0.15) is 0 Å². The maximum Gasteiger partial charge on any atom is 0.0599 e. The van der Waals surface area contributed by atoms with E-state index in [2.05, 4.69) is 13.8 Å². The number of hydrogen-bond acceptors (Lipinski definition) is 2. The van der Waals surface area contributed by atoms with E-state index in [4.69, 9.17) is 0 Å². The summed E-state index contributed by atoms with van der Waals surface area (Å²) < 4.78 is 0. The van der Waals surface area contributed by atoms with Crippen molar-refractivity contribution < 1.29 is 10.2 Å². The molecule has 0 saturated heterocycles. The van der Waals surface area contributed by atoms with Crippen LogP contribution in [0.3, 0.4) is 0 Å². The van der Waals surface area contributed by atoms with E-state index in [0.29, 0.717) is 29.1 Å². The van der Waals surface area contributed by atoms with Gasteiger partial charge in [-0.3, -0.25) is 0 Å². The van der Waals surface area contributed by atoms with Crippen molar-refractivity contribution in [2.75, 3.05) is 0 Å². The molecule has 8 atom stereocenters. The smallest absolute Gasteiger partial charge is 0.0599 e. The number of hydrogen-bond donors (Lipinski definition) is 2. The van der Waals surface area contributed by atoms with Gasteiger partial charge < -0.3 is 10.2 Å². The Morgan fingerprint density at radius 1 is 0.810 bits per heavy atom. The van der Waals surface area contributed by atoms with Gasteiger partial charge in [0, 0.05) is 0 Å². The molecule has 2 nitrogen and oxygen atoms in total. The fourth-order valence-corrected chi connectivity index (χ4v) is 7.21. The first-order valence-electron chi connectivity index (χ1n) is 9.33. The SMILES string of the molecule is C[C@]12CCCC[C@@H]1C[C@H](O)[C@@H]1[C@@H]2C[C@@H](O)[C@]2(C)CCC[C@@H]12. The van der Waals surface area contributed by atoms with Crippen molar-refractivity contribution in [3.63, 3.8) is 0 Å². The molecule has 0 amide bonds. The second-order valence-electron chi connectivity index (χ2n) is 9.19. The molecule has 0 aromatic rings. The number of fused-ring (bicyclic) bond motifs is 5. The monoisotopic (exact) mass is 292 g/mol. The van der Waals surface area contributed by atoms with Crippen LogP contribution in [-0.4, -0.2) is 22.4 Å². The van der Waals surface area contributed by atoms with Gasteiger partial charge in [0.15, 0.2) is 0 Å². The normalized spacial score (nSPS) is 60.0. The van der Waals surface area contributed by atoms with Crippen molar-refractivity contribution in [3.05, 3.63) is 0 Å². The quantitative estimate of drug-likeness (QED) is 0.714. The van der Waals surface area contributed by atoms with Crippen molar-refractivity contribution in [3.8, 4) is 0 Å². The van der Waals surface area contributed by atoms with Crippen LogP contribution in [0, 0.1) is 34.5 Å². The lowest BCUT2D eigenvalue weighted by Crippen LogP contribution is -2.60. The lowest BCUT2D eigenvalue weighted by atomic mass is 9.44. The molecule has 0 unspecified atom stereocenters. The molecule has 2 heteroatoms. The molecule has 4 rings (SSSR count). The van der Waals surface area contributed by atoms with Crippen molar-refractivity contribution in [2.45, 2.75) is 83.8 Å². The van der Waals surface area contributed by atoms with Gasteiger partial charge in [-0.1, -0.05) is 33.1 Å². The minimum absolute atomic E-state index is 0.0833. The summed E-state index contributed by atoms with van der Waals surface area (Å²) in [5.74, 6) is 2.26. The minimum Gasteiger partial charge on any atom is -0.393 e. The van der Waals surface area contributed by atoms with Crippen LogP contribution < -0.4 is 0 Å². The lowest BCUT2D eigenvalue weighted by Gasteiger charge is -2.62. The van der Waals surface area contributed by atoms with Crippen molar-refractivity contribution in [1.29, 1.82) is 0 Å². The zero-order valence-corrected chi connectivity index (χ0v) is 13.7. The topological polar surface area (TPSA) is 40.5 Å². The van der Waals surface area contributed by atoms with Crippen LogP contribution in [0.25, 0.3) is 0 Å². The van der Waals surface area contributed by atoms with Crippen LogP contribution in [0.2, 0.25) is 0 Å². The second kappa shape index (κ2) is 4.71. The van der Waals surface area contributed by atoms with E-state index in [0.717, 1.165) is 19.3 Å². The molecular formula is C19H32O2. The van der Waals surface area contributed by atoms with E-state index >= 15 is 0 Å². The van der Waals surface area contributed by atoms with Crippen LogP contribution in [0.4, 0.5) is 0 Å². The molecule has 0 spiro atoms. The predicted molar refractivity (Wildman–Crippen MR) is 83.7 cm³/mol. The van der Waals surface area contributed by atoms with Gasteiger partial charge in [0.05, 0.1) is 12.2 Å². The molecule has 0 heterocycles. The van der Waals surface area contributed by atoms with Gasteiger partial charge in [-0.25, -0.2) is 0 Å². The minimum atomic E-state index is -0.143. The van der Waals surface area contributed by atoms with Crippen molar-refractivity contribution in [2.24, 2.45) is 34.5 Å². The molecule has 0 bridgehead atoms. The van der Waals surface area contributed by atoms with Gasteiger partial charge in [-0.15, -0.1) is 0 Å². The summed E-state index contributed by atoms with van der Waals surface area (Å²) in [5.41, 5.74) is 0.465. The molecule has 120 valence electrons. The summed E-state index contributed by atoms with van der Waals surface area (Å²) in [6.07, 6.45) is 10.7. The zero-order valence-electron chi connectivity index (χ0n) is 13.7. The maximum absolute atomic E-state index is 10.9. The first-order valence-corrected chi connectivity index (χ1v) is 9.33. The van der Waals surface area contributed by atoms with E-state index in [1.807, 2.05) is 0 Å². The van der Waals surface area contributed by atoms with Crippen LogP contribution >= 0.6 is 0 Å². The second-order valence-corrected chi connectivity index (χ2v) is 9.19. The molecule has 0 aromatic heterocycles. The summed E-state index contributed by atoms with van der Waals surface area (Å²) >= 11 is 0. The molecule has 0 radical (unpaired) electrons. The molecule has 4 aliphatic carbocycles. The first kappa shape index (κ1) is 14.5. The maximum atomic E-state index is 10.9. The third-order valence-electron chi connectivity index (χ3n) is 8.51. The van der Waals surface area contributed by atoms with Crippen LogP contribution in [-0.2, 0) is 0 Å². The highest BCUT2D eigenvalue weighted by molar-refractivity contribution is 5.11. The lowest BCUT2D eigenvalue weighted by molar-refractivity contribution is -0.190. The first-order chi connectivity index (χ1) is 9.97. The van der Waals surface area contributed by atoms with Crippen LogP contribution in [0.1, 0.15) is 71.6 Å². The van der Waals surface area contributed by atoms with E-state index in [1.165, 1.54) is 38.5 Å². The van der Waals surface area contributed by atoms with Crippen LogP contribution in [0.15, 0.2) is 0 Å². The van der Waals surface area contributed by atoms with Gasteiger partial charge >= 0.3 is 0 Å². The van der Waals surface area contributed by atoms with Gasteiger partial charge in [-0.05, 0) is 73.0 Å². The Kier molecular flexibility index (Phi) is 3.25. The zero-order chi connectivity index (χ0) is 14.8. The van der Waals surface area contributed by atoms with E-state index in [1.54, 1.807) is 0 Å². The van der Waals surface area contributed by atoms with Crippen molar-refractivity contribution in [1.82, 2.24) is 0 Å².